The second-order valence-corrected chi connectivity index (χ2v) is 12.5. The van der Waals surface area contributed by atoms with E-state index in [-0.39, 0.29) is 11.8 Å². The van der Waals surface area contributed by atoms with E-state index in [1.165, 1.54) is 0 Å². The van der Waals surface area contributed by atoms with E-state index in [0.717, 1.165) is 35.2 Å². The molecule has 4 rings (SSSR count). The summed E-state index contributed by atoms with van der Waals surface area (Å²) >= 11 is 3.60. The molecule has 0 saturated carbocycles. The molecular weight excluding hydrogens is 453 g/mol. The maximum atomic E-state index is 13.7. The van der Waals surface area contributed by atoms with Crippen LogP contribution in [0.15, 0.2) is 65.6 Å². The fraction of sp³-hybridized carbons (Fsp3) is 0.364. The predicted molar refractivity (Wildman–Crippen MR) is 131 cm³/mol. The van der Waals surface area contributed by atoms with Gasteiger partial charge in [-0.2, -0.15) is 11.8 Å². The Bertz CT molecular complexity index is 862. The molecule has 2 aliphatic heterocycles. The van der Waals surface area contributed by atoms with Gasteiger partial charge in [0.15, 0.2) is 4.08 Å². The van der Waals surface area contributed by atoms with Crippen LogP contribution < -0.4 is 0 Å². The van der Waals surface area contributed by atoms with Gasteiger partial charge in [-0.3, -0.25) is 9.59 Å². The van der Waals surface area contributed by atoms with Gasteiger partial charge in [0.25, 0.3) is 11.8 Å². The third kappa shape index (κ3) is 5.15. The Morgan fingerprint density at radius 1 is 0.833 bits per heavy atom. The summed E-state index contributed by atoms with van der Waals surface area (Å²) in [5.74, 6) is 2.89. The number of nitrogens with zero attached hydrogens (tertiary/aromatic N) is 2. The van der Waals surface area contributed by atoms with Gasteiger partial charge in [-0.05, 0) is 24.3 Å². The van der Waals surface area contributed by atoms with Gasteiger partial charge in [-0.1, -0.05) is 58.0 Å². The fourth-order valence-corrected chi connectivity index (χ4v) is 8.98. The van der Waals surface area contributed by atoms with Crippen molar-refractivity contribution in [3.05, 3.63) is 66.2 Å². The lowest BCUT2D eigenvalue weighted by Gasteiger charge is -2.43. The lowest BCUT2D eigenvalue weighted by Crippen LogP contribution is -2.56. The monoisotopic (exact) mass is 476 g/mol. The van der Waals surface area contributed by atoms with Crippen LogP contribution in [0.25, 0.3) is 0 Å². The van der Waals surface area contributed by atoms with E-state index in [2.05, 4.69) is 12.1 Å². The predicted octanol–water partition coefficient (Wildman–Crippen LogP) is 4.59. The lowest BCUT2D eigenvalue weighted by molar-refractivity contribution is -0.131. The third-order valence-corrected chi connectivity index (χ3v) is 10.9. The molecule has 1 atom stereocenters. The van der Waals surface area contributed by atoms with Crippen LogP contribution in [0.2, 0.25) is 0 Å². The number of rotatable bonds is 5. The van der Waals surface area contributed by atoms with Crippen molar-refractivity contribution in [2.24, 2.45) is 0 Å². The molecule has 8 heteroatoms. The molecule has 30 heavy (non-hydrogen) atoms. The van der Waals surface area contributed by atoms with E-state index >= 15 is 0 Å². The Labute approximate surface area is 194 Å². The standard InChI is InChI=1S/C22H24N2O2S4/c25-20(18-7-3-1-4-8-18)24-13-16-28-22(17-24,21(26)23-11-14-27-15-12-23)30-29-19-9-5-2-6-10-19/h1-10H,11-17H2. The van der Waals surface area contributed by atoms with E-state index in [1.807, 2.05) is 70.1 Å². The van der Waals surface area contributed by atoms with Crippen LogP contribution in [0.4, 0.5) is 0 Å². The van der Waals surface area contributed by atoms with Gasteiger partial charge >= 0.3 is 0 Å². The molecule has 4 nitrogen and oxygen atoms in total. The maximum Gasteiger partial charge on any atom is 0.253 e. The van der Waals surface area contributed by atoms with Gasteiger partial charge in [0.2, 0.25) is 0 Å². The second kappa shape index (κ2) is 10.4. The zero-order valence-electron chi connectivity index (χ0n) is 16.6. The van der Waals surface area contributed by atoms with E-state index < -0.39 is 4.08 Å². The van der Waals surface area contributed by atoms with Gasteiger partial charge in [0, 0.05) is 47.4 Å². The average molecular weight is 477 g/mol. The molecule has 2 amide bonds. The number of carbonyl (C=O) groups is 2. The fourth-order valence-electron chi connectivity index (χ4n) is 3.45. The zero-order chi connectivity index (χ0) is 20.8. The van der Waals surface area contributed by atoms with Gasteiger partial charge in [0.1, 0.15) is 0 Å². The lowest BCUT2D eigenvalue weighted by atomic mass is 10.2. The smallest absolute Gasteiger partial charge is 0.253 e. The maximum absolute atomic E-state index is 13.7. The van der Waals surface area contributed by atoms with Crippen molar-refractivity contribution in [3.8, 4) is 0 Å². The summed E-state index contributed by atoms with van der Waals surface area (Å²) in [6, 6.07) is 19.5. The number of benzene rings is 2. The summed E-state index contributed by atoms with van der Waals surface area (Å²) in [5, 5.41) is 0. The molecular formula is C22H24N2O2S4. The van der Waals surface area contributed by atoms with Crippen molar-refractivity contribution in [2.75, 3.05) is 43.4 Å². The van der Waals surface area contributed by atoms with Crippen molar-refractivity contribution in [2.45, 2.75) is 8.97 Å². The second-order valence-electron chi connectivity index (χ2n) is 7.08. The van der Waals surface area contributed by atoms with Crippen LogP contribution in [-0.2, 0) is 4.79 Å². The van der Waals surface area contributed by atoms with Gasteiger partial charge in [-0.15, -0.1) is 11.8 Å². The van der Waals surface area contributed by atoms with E-state index in [4.69, 9.17) is 0 Å². The van der Waals surface area contributed by atoms with Crippen molar-refractivity contribution >= 4 is 56.9 Å². The van der Waals surface area contributed by atoms with Crippen LogP contribution in [-0.4, -0.2) is 69.1 Å². The van der Waals surface area contributed by atoms with Crippen molar-refractivity contribution < 1.29 is 9.59 Å². The summed E-state index contributed by atoms with van der Waals surface area (Å²) in [5.41, 5.74) is 0.681. The number of thioether (sulfide) groups is 2. The Balaban J connectivity index is 1.57. The van der Waals surface area contributed by atoms with E-state index in [0.29, 0.717) is 18.7 Å². The van der Waals surface area contributed by atoms with Gasteiger partial charge in [-0.25, -0.2) is 0 Å². The number of carbonyl (C=O) groups excluding carboxylic acids is 2. The highest BCUT2D eigenvalue weighted by Crippen LogP contribution is 2.50. The Kier molecular flexibility index (Phi) is 7.62. The van der Waals surface area contributed by atoms with Crippen molar-refractivity contribution in [1.29, 1.82) is 0 Å². The first-order valence-electron chi connectivity index (χ1n) is 9.94. The Morgan fingerprint density at radius 3 is 2.17 bits per heavy atom. The van der Waals surface area contributed by atoms with Crippen molar-refractivity contribution in [3.63, 3.8) is 0 Å². The van der Waals surface area contributed by atoms with Crippen molar-refractivity contribution in [1.82, 2.24) is 9.80 Å². The normalized spacial score (nSPS) is 22.0. The molecule has 0 spiro atoms. The van der Waals surface area contributed by atoms with E-state index in [1.54, 1.807) is 33.3 Å². The van der Waals surface area contributed by atoms with Crippen LogP contribution in [0, 0.1) is 0 Å². The van der Waals surface area contributed by atoms with Crippen LogP contribution >= 0.6 is 45.1 Å². The first kappa shape index (κ1) is 22.0. The Hall–Kier alpha value is -1.22. The minimum absolute atomic E-state index is 0.00702. The molecule has 0 aromatic heterocycles. The van der Waals surface area contributed by atoms with E-state index in [9.17, 15) is 9.59 Å². The summed E-state index contributed by atoms with van der Waals surface area (Å²) in [7, 11) is 3.24. The molecule has 2 saturated heterocycles. The van der Waals surface area contributed by atoms with Crippen LogP contribution in [0.3, 0.4) is 0 Å². The minimum Gasteiger partial charge on any atom is -0.339 e. The molecule has 2 aromatic carbocycles. The van der Waals surface area contributed by atoms with Crippen LogP contribution in [0.1, 0.15) is 10.4 Å². The number of hydrogen-bond acceptors (Lipinski definition) is 6. The molecule has 0 N–H and O–H groups in total. The average Bonchev–Trinajstić information content (AvgIpc) is 2.84. The molecule has 158 valence electrons. The molecule has 2 heterocycles. The molecule has 1 unspecified atom stereocenters. The summed E-state index contributed by atoms with van der Waals surface area (Å²) in [4.78, 5) is 31.8. The third-order valence-electron chi connectivity index (χ3n) is 5.04. The highest BCUT2D eigenvalue weighted by Gasteiger charge is 2.48. The zero-order valence-corrected chi connectivity index (χ0v) is 19.8. The topological polar surface area (TPSA) is 40.6 Å². The summed E-state index contributed by atoms with van der Waals surface area (Å²) in [6.07, 6.45) is 0. The quantitative estimate of drug-likeness (QED) is 0.588. The molecule has 2 aromatic rings. The summed E-state index contributed by atoms with van der Waals surface area (Å²) in [6.45, 7) is 2.67. The first-order chi connectivity index (χ1) is 14.7. The number of hydrogen-bond donors (Lipinski definition) is 0. The van der Waals surface area contributed by atoms with Gasteiger partial charge < -0.3 is 9.80 Å². The largest absolute Gasteiger partial charge is 0.339 e. The van der Waals surface area contributed by atoms with Gasteiger partial charge in [0.05, 0.1) is 6.54 Å². The minimum atomic E-state index is -0.689. The SMILES string of the molecule is O=C(c1ccccc1)N1CCSC(SSc2ccccc2)(C(=O)N2CCSCC2)C1. The molecule has 2 fully saturated rings. The molecule has 0 bridgehead atoms. The highest BCUT2D eigenvalue weighted by molar-refractivity contribution is 8.79. The highest BCUT2D eigenvalue weighted by atomic mass is 33.1. The van der Waals surface area contributed by atoms with Crippen LogP contribution in [0.5, 0.6) is 0 Å². The molecule has 0 radical (unpaired) electrons. The number of amides is 2. The molecule has 2 aliphatic rings. The summed E-state index contributed by atoms with van der Waals surface area (Å²) < 4.78 is -0.689. The first-order valence-corrected chi connectivity index (χ1v) is 14.2. The Morgan fingerprint density at radius 2 is 1.47 bits per heavy atom. The molecule has 0 aliphatic carbocycles.